The molecule has 0 atom stereocenters. The fourth-order valence-corrected chi connectivity index (χ4v) is 4.85. The first-order chi connectivity index (χ1) is 17.0. The molecule has 0 aliphatic carbocycles. The van der Waals surface area contributed by atoms with Crippen molar-refractivity contribution in [2.75, 3.05) is 6.54 Å². The van der Waals surface area contributed by atoms with E-state index < -0.39 is 6.09 Å². The summed E-state index contributed by atoms with van der Waals surface area (Å²) in [5.74, 6) is 0.479. The summed E-state index contributed by atoms with van der Waals surface area (Å²) in [6.45, 7) is 1.12. The zero-order valence-corrected chi connectivity index (χ0v) is 19.1. The van der Waals surface area contributed by atoms with E-state index in [0.29, 0.717) is 25.3 Å². The molecule has 0 bridgehead atoms. The van der Waals surface area contributed by atoms with Crippen molar-refractivity contribution < 1.29 is 14.6 Å². The van der Waals surface area contributed by atoms with Crippen molar-refractivity contribution in [3.05, 3.63) is 94.4 Å². The highest BCUT2D eigenvalue weighted by atomic mass is 16.5. The fraction of sp³-hybridized carbons (Fsp3) is 0.192. The summed E-state index contributed by atoms with van der Waals surface area (Å²) in [5.41, 5.74) is 5.30. The van der Waals surface area contributed by atoms with Gasteiger partial charge in [0.25, 0.3) is 5.56 Å². The van der Waals surface area contributed by atoms with Crippen LogP contribution in [0, 0.1) is 0 Å². The Morgan fingerprint density at radius 1 is 1.14 bits per heavy atom. The van der Waals surface area contributed by atoms with E-state index in [1.807, 2.05) is 60.2 Å². The molecule has 1 aliphatic heterocycles. The molecule has 9 nitrogen and oxygen atoms in total. The summed E-state index contributed by atoms with van der Waals surface area (Å²) >= 11 is 0. The Labute approximate surface area is 200 Å². The van der Waals surface area contributed by atoms with Gasteiger partial charge in [0.05, 0.1) is 23.4 Å². The van der Waals surface area contributed by atoms with Gasteiger partial charge in [-0.05, 0) is 30.3 Å². The Morgan fingerprint density at radius 2 is 2.03 bits per heavy atom. The molecule has 1 aromatic carbocycles. The molecule has 0 spiro atoms. The SMILES string of the molecule is Cn1c2c(c3ccc(-n4ccc(OCc5cn6ccccc6n5)cc4=O)cc31)CN(C(=O)O)CC2. The molecule has 1 N–H and O–H groups in total. The minimum atomic E-state index is -0.903. The molecule has 9 heteroatoms. The van der Waals surface area contributed by atoms with Gasteiger partial charge in [-0.25, -0.2) is 9.78 Å². The molecule has 0 saturated carbocycles. The van der Waals surface area contributed by atoms with Crippen LogP contribution in [0.15, 0.2) is 71.9 Å². The number of hydrogen-bond acceptors (Lipinski definition) is 4. The second-order valence-electron chi connectivity index (χ2n) is 8.70. The van der Waals surface area contributed by atoms with Crippen LogP contribution in [-0.4, -0.2) is 41.2 Å². The number of benzene rings is 1. The lowest BCUT2D eigenvalue weighted by Gasteiger charge is -2.25. The number of ether oxygens (including phenoxy) is 1. The molecular weight excluding hydrogens is 446 g/mol. The van der Waals surface area contributed by atoms with Gasteiger partial charge in [0.15, 0.2) is 0 Å². The molecule has 176 valence electrons. The highest BCUT2D eigenvalue weighted by Crippen LogP contribution is 2.31. The Hall–Kier alpha value is -4.53. The monoisotopic (exact) mass is 469 g/mol. The maximum atomic E-state index is 12.9. The van der Waals surface area contributed by atoms with Gasteiger partial charge in [0.2, 0.25) is 0 Å². The van der Waals surface area contributed by atoms with Gasteiger partial charge in [0, 0.05) is 61.3 Å². The minimum absolute atomic E-state index is 0.201. The van der Waals surface area contributed by atoms with Gasteiger partial charge >= 0.3 is 6.09 Å². The van der Waals surface area contributed by atoms with Crippen molar-refractivity contribution in [1.29, 1.82) is 0 Å². The lowest BCUT2D eigenvalue weighted by molar-refractivity contribution is 0.139. The number of aryl methyl sites for hydroxylation is 1. The number of rotatable bonds is 4. The lowest BCUT2D eigenvalue weighted by atomic mass is 10.0. The van der Waals surface area contributed by atoms with Gasteiger partial charge in [-0.3, -0.25) is 9.36 Å². The van der Waals surface area contributed by atoms with Gasteiger partial charge in [-0.15, -0.1) is 0 Å². The van der Waals surface area contributed by atoms with E-state index in [1.165, 1.54) is 11.0 Å². The first-order valence-corrected chi connectivity index (χ1v) is 11.3. The van der Waals surface area contributed by atoms with Crippen molar-refractivity contribution in [2.45, 2.75) is 19.6 Å². The molecule has 6 rings (SSSR count). The quantitative estimate of drug-likeness (QED) is 0.434. The smallest absolute Gasteiger partial charge is 0.407 e. The van der Waals surface area contributed by atoms with Gasteiger partial charge in [0.1, 0.15) is 18.0 Å². The first kappa shape index (κ1) is 21.0. The van der Waals surface area contributed by atoms with E-state index in [4.69, 9.17) is 4.74 Å². The summed E-state index contributed by atoms with van der Waals surface area (Å²) in [5, 5.41) is 10.4. The molecule has 0 radical (unpaired) electrons. The minimum Gasteiger partial charge on any atom is -0.487 e. The van der Waals surface area contributed by atoms with Crippen molar-refractivity contribution in [2.24, 2.45) is 7.05 Å². The van der Waals surface area contributed by atoms with Crippen LogP contribution in [-0.2, 0) is 26.6 Å². The normalized spacial score (nSPS) is 13.3. The van der Waals surface area contributed by atoms with E-state index in [9.17, 15) is 14.7 Å². The van der Waals surface area contributed by atoms with E-state index in [0.717, 1.165) is 39.2 Å². The van der Waals surface area contributed by atoms with Crippen molar-refractivity contribution in [3.63, 3.8) is 0 Å². The Bertz CT molecular complexity index is 1630. The summed E-state index contributed by atoms with van der Waals surface area (Å²) in [6.07, 6.45) is 5.30. The average Bonchev–Trinajstić information content (AvgIpc) is 3.41. The van der Waals surface area contributed by atoms with E-state index in [1.54, 1.807) is 16.8 Å². The van der Waals surface area contributed by atoms with Crippen LogP contribution in [0.4, 0.5) is 4.79 Å². The topological polar surface area (TPSA) is 94.0 Å². The highest BCUT2D eigenvalue weighted by molar-refractivity contribution is 5.88. The molecule has 0 unspecified atom stereocenters. The number of aromatic nitrogens is 4. The summed E-state index contributed by atoms with van der Waals surface area (Å²) in [4.78, 5) is 30.3. The molecule has 5 heterocycles. The molecule has 4 aromatic heterocycles. The lowest BCUT2D eigenvalue weighted by Crippen LogP contribution is -2.34. The summed E-state index contributed by atoms with van der Waals surface area (Å²) < 4.78 is 11.4. The highest BCUT2D eigenvalue weighted by Gasteiger charge is 2.25. The molecule has 0 saturated heterocycles. The van der Waals surface area contributed by atoms with Crippen LogP contribution >= 0.6 is 0 Å². The maximum Gasteiger partial charge on any atom is 0.407 e. The third-order valence-electron chi connectivity index (χ3n) is 6.63. The van der Waals surface area contributed by atoms with E-state index in [2.05, 4.69) is 9.55 Å². The zero-order chi connectivity index (χ0) is 24.1. The van der Waals surface area contributed by atoms with Crippen LogP contribution in [0.2, 0.25) is 0 Å². The summed E-state index contributed by atoms with van der Waals surface area (Å²) in [6, 6.07) is 14.9. The van der Waals surface area contributed by atoms with Gasteiger partial charge in [-0.1, -0.05) is 12.1 Å². The zero-order valence-electron chi connectivity index (χ0n) is 19.1. The van der Waals surface area contributed by atoms with Crippen molar-refractivity contribution >= 4 is 22.6 Å². The third kappa shape index (κ3) is 3.61. The fourth-order valence-electron chi connectivity index (χ4n) is 4.85. The predicted molar refractivity (Wildman–Crippen MR) is 130 cm³/mol. The van der Waals surface area contributed by atoms with Crippen LogP contribution < -0.4 is 10.3 Å². The predicted octanol–water partition coefficient (Wildman–Crippen LogP) is 3.59. The van der Waals surface area contributed by atoms with Crippen LogP contribution in [0.5, 0.6) is 5.75 Å². The first-order valence-electron chi connectivity index (χ1n) is 11.3. The Balaban J connectivity index is 1.26. The van der Waals surface area contributed by atoms with Crippen LogP contribution in [0.25, 0.3) is 22.2 Å². The number of imidazole rings is 1. The van der Waals surface area contributed by atoms with Crippen LogP contribution in [0.1, 0.15) is 17.0 Å². The standard InChI is InChI=1S/C26H23N5O4/c1-28-22-8-10-30(26(33)34)15-21(22)20-6-5-18(12-23(20)28)31-11-7-19(13-25(31)32)35-16-17-14-29-9-3-2-4-24(29)27-17/h2-7,9,11-14H,8,10,15-16H2,1H3,(H,33,34). The number of nitrogens with zero attached hydrogens (tertiary/aromatic N) is 5. The largest absolute Gasteiger partial charge is 0.487 e. The number of hydrogen-bond donors (Lipinski definition) is 1. The number of carboxylic acid groups (broad SMARTS) is 1. The van der Waals surface area contributed by atoms with E-state index in [-0.39, 0.29) is 12.2 Å². The summed E-state index contributed by atoms with van der Waals surface area (Å²) in [7, 11) is 1.99. The number of pyridine rings is 2. The third-order valence-corrected chi connectivity index (χ3v) is 6.63. The number of fused-ring (bicyclic) bond motifs is 4. The molecule has 35 heavy (non-hydrogen) atoms. The maximum absolute atomic E-state index is 12.9. The van der Waals surface area contributed by atoms with E-state index >= 15 is 0 Å². The molecule has 5 aromatic rings. The van der Waals surface area contributed by atoms with Gasteiger partial charge < -0.3 is 23.7 Å². The average molecular weight is 470 g/mol. The Kier molecular flexibility index (Phi) is 4.84. The number of carbonyl (C=O) groups is 1. The second kappa shape index (κ2) is 8.05. The molecule has 1 amide bonds. The Morgan fingerprint density at radius 3 is 2.83 bits per heavy atom. The van der Waals surface area contributed by atoms with Gasteiger partial charge in [-0.2, -0.15) is 0 Å². The second-order valence-corrected chi connectivity index (χ2v) is 8.70. The molecular formula is C26H23N5O4. The van der Waals surface area contributed by atoms with Crippen molar-refractivity contribution in [1.82, 2.24) is 23.4 Å². The molecule has 1 aliphatic rings. The van der Waals surface area contributed by atoms with Crippen LogP contribution in [0.3, 0.4) is 0 Å². The van der Waals surface area contributed by atoms with Crippen molar-refractivity contribution in [3.8, 4) is 11.4 Å². The molecule has 0 fully saturated rings. The number of amides is 1.